The summed E-state index contributed by atoms with van der Waals surface area (Å²) < 4.78 is 18.6. The van der Waals surface area contributed by atoms with Crippen LogP contribution in [0.4, 0.5) is 16.2 Å². The smallest absolute Gasteiger partial charge is 0.228 e. The molecule has 1 aromatic carbocycles. The number of aromatic nitrogens is 9. The van der Waals surface area contributed by atoms with Crippen LogP contribution in [0.2, 0.25) is 5.02 Å². The van der Waals surface area contributed by atoms with E-state index in [1.807, 2.05) is 54.0 Å². The molecule has 0 aliphatic carbocycles. The van der Waals surface area contributed by atoms with Crippen molar-refractivity contribution in [3.8, 4) is 28.5 Å². The van der Waals surface area contributed by atoms with E-state index >= 15 is 0 Å². The van der Waals surface area contributed by atoms with Gasteiger partial charge in [0.1, 0.15) is 18.2 Å². The van der Waals surface area contributed by atoms with Crippen LogP contribution >= 0.6 is 11.6 Å². The van der Waals surface area contributed by atoms with Crippen molar-refractivity contribution < 1.29 is 4.39 Å². The van der Waals surface area contributed by atoms with E-state index in [2.05, 4.69) is 35.7 Å². The van der Waals surface area contributed by atoms with Gasteiger partial charge in [-0.3, -0.25) is 9.08 Å². The predicted molar refractivity (Wildman–Crippen MR) is 133 cm³/mol. The van der Waals surface area contributed by atoms with E-state index in [0.717, 1.165) is 11.4 Å². The lowest BCUT2D eigenvalue weighted by Crippen LogP contribution is -2.03. The molecule has 5 heterocycles. The molecule has 0 saturated heterocycles. The third kappa shape index (κ3) is 3.95. The molecule has 1 N–H and O–H groups in total. The number of hydrogen-bond acceptors (Lipinski definition) is 7. The van der Waals surface area contributed by atoms with Crippen molar-refractivity contribution >= 4 is 29.0 Å². The van der Waals surface area contributed by atoms with E-state index in [9.17, 15) is 4.39 Å². The number of benzene rings is 1. The largest absolute Gasteiger partial charge is 0.309 e. The second-order valence-corrected chi connectivity index (χ2v) is 8.38. The van der Waals surface area contributed by atoms with E-state index in [1.54, 1.807) is 40.0 Å². The number of nitrogens with one attached hydrogen (secondary N) is 1. The number of aryl methyl sites for hydroxylation is 1. The molecule has 36 heavy (non-hydrogen) atoms. The normalized spacial score (nSPS) is 11.3. The van der Waals surface area contributed by atoms with E-state index in [1.165, 1.54) is 0 Å². The SMILES string of the molecule is Cn1nccc1Nc1nccc(-c2ccn3c(-c4cc(CF)nn4-c4cccc(Cl)c4)nnc3c2)n1. The lowest BCUT2D eigenvalue weighted by atomic mass is 10.2. The molecule has 0 spiro atoms. The van der Waals surface area contributed by atoms with E-state index in [-0.39, 0.29) is 5.69 Å². The standard InChI is InChI=1S/C24H18ClFN10/c1-34-21(6-9-28-34)30-24-27-8-5-19(29-24)15-7-10-35-22(11-15)31-32-23(35)20-13-17(14-26)33-36(20)18-4-2-3-16(25)12-18/h2-13H,14H2,1H3,(H,27,29,30). The number of fused-ring (bicyclic) bond motifs is 1. The van der Waals surface area contributed by atoms with Gasteiger partial charge in [0, 0.05) is 36.1 Å². The number of alkyl halides is 1. The topological polar surface area (TPSA) is 104 Å². The Labute approximate surface area is 209 Å². The van der Waals surface area contributed by atoms with Gasteiger partial charge in [-0.25, -0.2) is 19.0 Å². The van der Waals surface area contributed by atoms with Crippen LogP contribution in [-0.4, -0.2) is 44.1 Å². The fraction of sp³-hybridized carbons (Fsp3) is 0.0833. The molecule has 5 aromatic heterocycles. The molecule has 6 aromatic rings. The number of anilines is 2. The highest BCUT2D eigenvalue weighted by Gasteiger charge is 2.18. The highest BCUT2D eigenvalue weighted by molar-refractivity contribution is 6.30. The van der Waals surface area contributed by atoms with Crippen molar-refractivity contribution in [2.75, 3.05) is 5.32 Å². The van der Waals surface area contributed by atoms with Crippen molar-refractivity contribution in [2.24, 2.45) is 7.05 Å². The van der Waals surface area contributed by atoms with E-state index in [0.29, 0.717) is 39.5 Å². The molecule has 12 heteroatoms. The lowest BCUT2D eigenvalue weighted by molar-refractivity contribution is 0.473. The molecule has 0 saturated carbocycles. The zero-order valence-electron chi connectivity index (χ0n) is 18.9. The van der Waals surface area contributed by atoms with Gasteiger partial charge in [-0.15, -0.1) is 10.2 Å². The lowest BCUT2D eigenvalue weighted by Gasteiger charge is -2.08. The van der Waals surface area contributed by atoms with Crippen molar-refractivity contribution in [1.82, 2.24) is 44.1 Å². The summed E-state index contributed by atoms with van der Waals surface area (Å²) in [6.07, 6.45) is 5.22. The first-order chi connectivity index (χ1) is 17.6. The average molecular weight is 501 g/mol. The molecular weight excluding hydrogens is 483 g/mol. The van der Waals surface area contributed by atoms with Crippen LogP contribution in [0, 0.1) is 0 Å². The minimum Gasteiger partial charge on any atom is -0.309 e. The molecule has 0 aliphatic heterocycles. The van der Waals surface area contributed by atoms with Gasteiger partial charge in [-0.2, -0.15) is 10.2 Å². The van der Waals surface area contributed by atoms with Gasteiger partial charge < -0.3 is 5.32 Å². The highest BCUT2D eigenvalue weighted by atomic mass is 35.5. The Morgan fingerprint density at radius 2 is 1.94 bits per heavy atom. The molecule has 0 radical (unpaired) electrons. The first kappa shape index (κ1) is 21.9. The van der Waals surface area contributed by atoms with Crippen LogP contribution < -0.4 is 5.32 Å². The number of hydrogen-bond donors (Lipinski definition) is 1. The zero-order chi connectivity index (χ0) is 24.6. The molecule has 0 aliphatic rings. The molecule has 0 atom stereocenters. The van der Waals surface area contributed by atoms with E-state index < -0.39 is 6.67 Å². The molecular formula is C24H18ClFN10. The Balaban J connectivity index is 1.38. The summed E-state index contributed by atoms with van der Waals surface area (Å²) >= 11 is 6.17. The second kappa shape index (κ2) is 8.86. The maximum Gasteiger partial charge on any atom is 0.228 e. The first-order valence-corrected chi connectivity index (χ1v) is 11.3. The van der Waals surface area contributed by atoms with Gasteiger partial charge in [0.25, 0.3) is 0 Å². The summed E-state index contributed by atoms with van der Waals surface area (Å²) in [4.78, 5) is 8.91. The third-order valence-corrected chi connectivity index (χ3v) is 5.84. The molecule has 0 bridgehead atoms. The molecule has 6 rings (SSSR count). The number of rotatable bonds is 6. The second-order valence-electron chi connectivity index (χ2n) is 7.94. The van der Waals surface area contributed by atoms with Crippen LogP contribution in [0.5, 0.6) is 0 Å². The Morgan fingerprint density at radius 1 is 1.03 bits per heavy atom. The fourth-order valence-electron chi connectivity index (χ4n) is 3.88. The monoisotopic (exact) mass is 500 g/mol. The zero-order valence-corrected chi connectivity index (χ0v) is 19.7. The number of nitrogens with zero attached hydrogens (tertiary/aromatic N) is 9. The predicted octanol–water partition coefficient (Wildman–Crippen LogP) is 4.64. The van der Waals surface area contributed by atoms with E-state index in [4.69, 9.17) is 11.6 Å². The first-order valence-electron chi connectivity index (χ1n) is 10.9. The Bertz CT molecular complexity index is 1700. The third-order valence-electron chi connectivity index (χ3n) is 5.60. The van der Waals surface area contributed by atoms with Gasteiger partial charge in [0.15, 0.2) is 11.5 Å². The Kier molecular flexibility index (Phi) is 5.38. The quantitative estimate of drug-likeness (QED) is 0.355. The van der Waals surface area contributed by atoms with Crippen LogP contribution in [0.1, 0.15) is 5.69 Å². The maximum absolute atomic E-state index is 13.5. The molecule has 0 unspecified atom stereocenters. The average Bonchev–Trinajstić information content (AvgIpc) is 3.62. The van der Waals surface area contributed by atoms with Crippen LogP contribution in [-0.2, 0) is 13.7 Å². The van der Waals surface area contributed by atoms with Crippen LogP contribution in [0.15, 0.2) is 73.2 Å². The van der Waals surface area contributed by atoms with Crippen molar-refractivity contribution in [2.45, 2.75) is 6.67 Å². The van der Waals surface area contributed by atoms with Crippen molar-refractivity contribution in [3.63, 3.8) is 0 Å². The van der Waals surface area contributed by atoms with Crippen LogP contribution in [0.3, 0.4) is 0 Å². The molecule has 0 amide bonds. The van der Waals surface area contributed by atoms with Gasteiger partial charge in [0.05, 0.1) is 23.3 Å². The summed E-state index contributed by atoms with van der Waals surface area (Å²) in [7, 11) is 1.83. The summed E-state index contributed by atoms with van der Waals surface area (Å²) in [6.45, 7) is -0.704. The maximum atomic E-state index is 13.5. The van der Waals surface area contributed by atoms with Gasteiger partial charge in [0.2, 0.25) is 5.95 Å². The summed E-state index contributed by atoms with van der Waals surface area (Å²) in [5.41, 5.74) is 3.72. The Hall–Kier alpha value is -4.64. The van der Waals surface area contributed by atoms with Crippen molar-refractivity contribution in [1.29, 1.82) is 0 Å². The molecule has 0 fully saturated rings. The fourth-order valence-corrected chi connectivity index (χ4v) is 4.06. The molecule has 10 nitrogen and oxygen atoms in total. The van der Waals surface area contributed by atoms with Gasteiger partial charge in [-0.05, 0) is 42.5 Å². The number of halogens is 2. The highest BCUT2D eigenvalue weighted by Crippen LogP contribution is 2.27. The molecule has 178 valence electrons. The van der Waals surface area contributed by atoms with Gasteiger partial charge >= 0.3 is 0 Å². The minimum atomic E-state index is -0.704. The van der Waals surface area contributed by atoms with Crippen molar-refractivity contribution in [3.05, 3.63) is 83.9 Å². The summed E-state index contributed by atoms with van der Waals surface area (Å²) in [6, 6.07) is 16.3. The summed E-state index contributed by atoms with van der Waals surface area (Å²) in [5.74, 6) is 1.74. The van der Waals surface area contributed by atoms with Crippen LogP contribution in [0.25, 0.3) is 34.1 Å². The minimum absolute atomic E-state index is 0.285. The Morgan fingerprint density at radius 3 is 2.75 bits per heavy atom. The van der Waals surface area contributed by atoms with Gasteiger partial charge in [-0.1, -0.05) is 17.7 Å². The summed E-state index contributed by atoms with van der Waals surface area (Å²) in [5, 5.41) is 20.9. The number of pyridine rings is 1.